The van der Waals surface area contributed by atoms with Gasteiger partial charge in [0, 0.05) is 11.7 Å². The Bertz CT molecular complexity index is 446. The lowest BCUT2D eigenvalue weighted by atomic mass is 10.1. The van der Waals surface area contributed by atoms with Crippen LogP contribution in [0, 0.1) is 0 Å². The Morgan fingerprint density at radius 1 is 1.29 bits per heavy atom. The first-order chi connectivity index (χ1) is 10.1. The first-order valence-electron chi connectivity index (χ1n) is 7.92. The van der Waals surface area contributed by atoms with E-state index < -0.39 is 0 Å². The fourth-order valence-corrected chi connectivity index (χ4v) is 2.31. The number of carbonyl (C=O) groups excluding carboxylic acids is 1. The van der Waals surface area contributed by atoms with E-state index in [-0.39, 0.29) is 11.9 Å². The van der Waals surface area contributed by atoms with Gasteiger partial charge in [0.15, 0.2) is 0 Å². The summed E-state index contributed by atoms with van der Waals surface area (Å²) in [7, 11) is 0. The molecular weight excluding hydrogens is 264 g/mol. The topological polar surface area (TPSA) is 64.4 Å². The Kier molecular flexibility index (Phi) is 7.65. The summed E-state index contributed by atoms with van der Waals surface area (Å²) < 4.78 is 5.49. The van der Waals surface area contributed by atoms with E-state index in [2.05, 4.69) is 12.2 Å². The molecule has 0 radical (unpaired) electrons. The fourth-order valence-electron chi connectivity index (χ4n) is 2.31. The summed E-state index contributed by atoms with van der Waals surface area (Å²) in [6, 6.07) is 5.44. The third-order valence-corrected chi connectivity index (χ3v) is 3.45. The van der Waals surface area contributed by atoms with Crippen molar-refractivity contribution in [2.45, 2.75) is 58.9 Å². The van der Waals surface area contributed by atoms with Crippen LogP contribution in [0.3, 0.4) is 0 Å². The number of carbonyl (C=O) groups is 1. The van der Waals surface area contributed by atoms with Crippen molar-refractivity contribution in [3.05, 3.63) is 23.8 Å². The number of hydrogen-bond acceptors (Lipinski definition) is 3. The molecule has 0 aromatic heterocycles. The van der Waals surface area contributed by atoms with Crippen molar-refractivity contribution in [1.82, 2.24) is 5.32 Å². The highest BCUT2D eigenvalue weighted by molar-refractivity contribution is 6.02. The molecular formula is C17H28N2O2. The number of nitrogens with two attached hydrogens (primary N) is 1. The van der Waals surface area contributed by atoms with Crippen LogP contribution in [0.1, 0.15) is 63.2 Å². The van der Waals surface area contributed by atoms with E-state index in [1.807, 2.05) is 13.8 Å². The van der Waals surface area contributed by atoms with Gasteiger partial charge in [0.25, 0.3) is 5.91 Å². The van der Waals surface area contributed by atoms with Crippen LogP contribution in [-0.4, -0.2) is 18.6 Å². The molecule has 1 amide bonds. The molecule has 4 heteroatoms. The molecule has 1 aromatic carbocycles. The van der Waals surface area contributed by atoms with E-state index in [9.17, 15) is 4.79 Å². The Morgan fingerprint density at radius 2 is 2.05 bits per heavy atom. The summed E-state index contributed by atoms with van der Waals surface area (Å²) in [6.45, 7) is 6.62. The van der Waals surface area contributed by atoms with Gasteiger partial charge in [0.05, 0.1) is 6.61 Å². The first kappa shape index (κ1) is 17.3. The molecule has 0 aliphatic carbocycles. The zero-order valence-electron chi connectivity index (χ0n) is 13.4. The second-order valence-electron chi connectivity index (χ2n) is 5.38. The van der Waals surface area contributed by atoms with Crippen LogP contribution in [-0.2, 0) is 0 Å². The molecule has 1 atom stereocenters. The number of anilines is 1. The number of benzene rings is 1. The van der Waals surface area contributed by atoms with Crippen LogP contribution in [0.25, 0.3) is 0 Å². The van der Waals surface area contributed by atoms with Gasteiger partial charge in [-0.1, -0.05) is 38.7 Å². The molecule has 0 fully saturated rings. The normalized spacial score (nSPS) is 12.0. The van der Waals surface area contributed by atoms with Gasteiger partial charge in [-0.05, 0) is 32.4 Å². The van der Waals surface area contributed by atoms with Crippen LogP contribution in [0.4, 0.5) is 5.69 Å². The quantitative estimate of drug-likeness (QED) is 0.538. The third-order valence-electron chi connectivity index (χ3n) is 3.45. The average Bonchev–Trinajstić information content (AvgIpc) is 2.44. The summed E-state index contributed by atoms with van der Waals surface area (Å²) in [4.78, 5) is 12.4. The summed E-state index contributed by atoms with van der Waals surface area (Å²) in [5, 5.41) is 3.01. The van der Waals surface area contributed by atoms with E-state index in [1.165, 1.54) is 19.3 Å². The minimum Gasteiger partial charge on any atom is -0.493 e. The van der Waals surface area contributed by atoms with Gasteiger partial charge in [-0.3, -0.25) is 4.79 Å². The number of rotatable bonds is 9. The lowest BCUT2D eigenvalue weighted by Gasteiger charge is -2.17. The number of ether oxygens (including phenoxy) is 1. The molecule has 0 aliphatic rings. The van der Waals surface area contributed by atoms with Gasteiger partial charge in [0.1, 0.15) is 11.3 Å². The van der Waals surface area contributed by atoms with Crippen LogP contribution in [0.5, 0.6) is 5.75 Å². The van der Waals surface area contributed by atoms with Crippen LogP contribution >= 0.6 is 0 Å². The number of nitrogens with one attached hydrogen (secondary N) is 1. The summed E-state index contributed by atoms with van der Waals surface area (Å²) >= 11 is 0. The second-order valence-corrected chi connectivity index (χ2v) is 5.38. The van der Waals surface area contributed by atoms with Crippen molar-refractivity contribution in [1.29, 1.82) is 0 Å². The Morgan fingerprint density at radius 3 is 2.71 bits per heavy atom. The minimum absolute atomic E-state index is 0.142. The first-order valence-corrected chi connectivity index (χ1v) is 7.92. The molecule has 1 unspecified atom stereocenters. The van der Waals surface area contributed by atoms with Crippen LogP contribution < -0.4 is 15.8 Å². The van der Waals surface area contributed by atoms with Gasteiger partial charge < -0.3 is 15.8 Å². The smallest absolute Gasteiger partial charge is 0.257 e. The van der Waals surface area contributed by atoms with Crippen LogP contribution in [0.2, 0.25) is 0 Å². The van der Waals surface area contributed by atoms with Crippen molar-refractivity contribution in [2.75, 3.05) is 12.3 Å². The monoisotopic (exact) mass is 292 g/mol. The Labute approximate surface area is 128 Å². The number of unbranched alkanes of at least 4 members (excludes halogenated alkanes) is 3. The van der Waals surface area contributed by atoms with Crippen LogP contribution in [0.15, 0.2) is 18.2 Å². The number of hydrogen-bond donors (Lipinski definition) is 2. The Balaban J connectivity index is 2.62. The maximum absolute atomic E-state index is 12.4. The highest BCUT2D eigenvalue weighted by Gasteiger charge is 2.17. The molecule has 21 heavy (non-hydrogen) atoms. The zero-order valence-corrected chi connectivity index (χ0v) is 13.4. The van der Waals surface area contributed by atoms with E-state index in [4.69, 9.17) is 10.5 Å². The Hall–Kier alpha value is -1.71. The van der Waals surface area contributed by atoms with E-state index in [0.29, 0.717) is 23.6 Å². The molecule has 0 aliphatic heterocycles. The van der Waals surface area contributed by atoms with Crippen molar-refractivity contribution >= 4 is 11.6 Å². The van der Waals surface area contributed by atoms with Crippen molar-refractivity contribution in [3.8, 4) is 5.75 Å². The predicted molar refractivity (Wildman–Crippen MR) is 87.7 cm³/mol. The largest absolute Gasteiger partial charge is 0.493 e. The van der Waals surface area contributed by atoms with Gasteiger partial charge >= 0.3 is 0 Å². The van der Waals surface area contributed by atoms with Gasteiger partial charge in [-0.15, -0.1) is 0 Å². The average molecular weight is 292 g/mol. The van der Waals surface area contributed by atoms with E-state index in [0.717, 1.165) is 12.8 Å². The maximum atomic E-state index is 12.4. The summed E-state index contributed by atoms with van der Waals surface area (Å²) in [6.07, 6.45) is 5.81. The lowest BCUT2D eigenvalue weighted by Crippen LogP contribution is -2.33. The standard InChI is InChI=1S/C17H28N2O2/c1-4-6-7-8-10-13(3)19-17(20)16-14(18)11-9-12-15(16)21-5-2/h9,11-13H,4-8,10,18H2,1-3H3,(H,19,20). The molecule has 4 nitrogen and oxygen atoms in total. The molecule has 3 N–H and O–H groups in total. The molecule has 0 saturated carbocycles. The summed E-state index contributed by atoms with van der Waals surface area (Å²) in [5.74, 6) is 0.396. The molecule has 0 spiro atoms. The van der Waals surface area contributed by atoms with Crippen molar-refractivity contribution in [3.63, 3.8) is 0 Å². The van der Waals surface area contributed by atoms with Gasteiger partial charge in [-0.2, -0.15) is 0 Å². The number of nitrogen functional groups attached to an aromatic ring is 1. The van der Waals surface area contributed by atoms with Crippen molar-refractivity contribution < 1.29 is 9.53 Å². The molecule has 0 bridgehead atoms. The third kappa shape index (κ3) is 5.66. The minimum atomic E-state index is -0.153. The van der Waals surface area contributed by atoms with E-state index >= 15 is 0 Å². The molecule has 0 heterocycles. The zero-order chi connectivity index (χ0) is 15.7. The van der Waals surface area contributed by atoms with Crippen molar-refractivity contribution in [2.24, 2.45) is 0 Å². The van der Waals surface area contributed by atoms with E-state index in [1.54, 1.807) is 18.2 Å². The second kappa shape index (κ2) is 9.27. The molecule has 1 aromatic rings. The number of amides is 1. The molecule has 0 saturated heterocycles. The lowest BCUT2D eigenvalue weighted by molar-refractivity contribution is 0.0935. The maximum Gasteiger partial charge on any atom is 0.257 e. The SMILES string of the molecule is CCCCCCC(C)NC(=O)c1c(N)cccc1OCC. The molecule has 118 valence electrons. The summed E-state index contributed by atoms with van der Waals surface area (Å²) in [5.41, 5.74) is 6.83. The highest BCUT2D eigenvalue weighted by Crippen LogP contribution is 2.24. The van der Waals surface area contributed by atoms with Gasteiger partial charge in [0.2, 0.25) is 0 Å². The fraction of sp³-hybridized carbons (Fsp3) is 0.588. The highest BCUT2D eigenvalue weighted by atomic mass is 16.5. The van der Waals surface area contributed by atoms with Gasteiger partial charge in [-0.25, -0.2) is 0 Å². The predicted octanol–water partition coefficient (Wildman–Crippen LogP) is 3.76. The molecule has 1 rings (SSSR count).